The van der Waals surface area contributed by atoms with Crippen molar-refractivity contribution in [3.8, 4) is 5.75 Å². The fraction of sp³-hybridized carbons (Fsp3) is 0.222. The van der Waals surface area contributed by atoms with Crippen LogP contribution in [-0.4, -0.2) is 42.7 Å². The molecule has 0 aliphatic rings. The maximum atomic E-state index is 13.4. The number of nitrogens with zero attached hydrogens (tertiary/aromatic N) is 2. The maximum absolute atomic E-state index is 13.4. The number of carbonyl (C=O) groups excluding carboxylic acids is 1. The van der Waals surface area contributed by atoms with Gasteiger partial charge in [-0.3, -0.25) is 15.0 Å². The van der Waals surface area contributed by atoms with E-state index >= 15 is 0 Å². The Balaban J connectivity index is 2.19. The van der Waals surface area contributed by atoms with Gasteiger partial charge in [0.25, 0.3) is 5.91 Å². The number of nitrogens with one attached hydrogen (secondary N) is 1. The van der Waals surface area contributed by atoms with Crippen molar-refractivity contribution < 1.29 is 27.5 Å². The highest BCUT2D eigenvalue weighted by atomic mass is 32.2. The van der Waals surface area contributed by atoms with Gasteiger partial charge in [0.15, 0.2) is 0 Å². The number of sulfonamides is 1. The Hall–Kier alpha value is -2.82. The SMILES string of the molecule is C=C(F)C[C@@H](NS(=O)(=O)c1ccc(OC)cc1)C(=O)N(O)Cc1cccnc1. The van der Waals surface area contributed by atoms with E-state index in [1.54, 1.807) is 12.1 Å². The molecule has 0 aliphatic heterocycles. The van der Waals surface area contributed by atoms with E-state index in [0.717, 1.165) is 0 Å². The van der Waals surface area contributed by atoms with Gasteiger partial charge in [0.1, 0.15) is 11.8 Å². The molecular weight excluding hydrogens is 389 g/mol. The largest absolute Gasteiger partial charge is 0.497 e. The Kier molecular flexibility index (Phi) is 7.21. The number of amides is 1. The van der Waals surface area contributed by atoms with E-state index in [4.69, 9.17) is 4.74 Å². The number of hydroxylamine groups is 2. The normalized spacial score (nSPS) is 12.2. The molecule has 0 fully saturated rings. The Morgan fingerprint density at radius 2 is 2.04 bits per heavy atom. The summed E-state index contributed by atoms with van der Waals surface area (Å²) in [5, 5.41) is 10.3. The van der Waals surface area contributed by atoms with E-state index in [2.05, 4.69) is 16.3 Å². The number of pyridine rings is 1. The smallest absolute Gasteiger partial charge is 0.264 e. The zero-order valence-corrected chi connectivity index (χ0v) is 15.9. The highest BCUT2D eigenvalue weighted by Crippen LogP contribution is 2.17. The van der Waals surface area contributed by atoms with Crippen LogP contribution in [0.15, 0.2) is 66.1 Å². The molecule has 2 aromatic rings. The van der Waals surface area contributed by atoms with E-state index in [1.807, 2.05) is 0 Å². The molecule has 1 aromatic heterocycles. The summed E-state index contributed by atoms with van der Waals surface area (Å²) in [7, 11) is -2.73. The first-order valence-corrected chi connectivity index (χ1v) is 9.60. The summed E-state index contributed by atoms with van der Waals surface area (Å²) in [6, 6.07) is 7.07. The number of ether oxygens (including phenoxy) is 1. The van der Waals surface area contributed by atoms with Crippen LogP contribution in [-0.2, 0) is 21.4 Å². The molecule has 0 spiro atoms. The summed E-state index contributed by atoms with van der Waals surface area (Å²) >= 11 is 0. The molecule has 0 radical (unpaired) electrons. The molecule has 2 N–H and O–H groups in total. The summed E-state index contributed by atoms with van der Waals surface area (Å²) in [6.07, 6.45) is 2.32. The van der Waals surface area contributed by atoms with E-state index in [0.29, 0.717) is 16.4 Å². The number of aromatic nitrogens is 1. The zero-order valence-electron chi connectivity index (χ0n) is 15.1. The molecule has 28 heavy (non-hydrogen) atoms. The van der Waals surface area contributed by atoms with Gasteiger partial charge in [0.05, 0.1) is 24.4 Å². The molecule has 1 aromatic carbocycles. The van der Waals surface area contributed by atoms with Crippen LogP contribution in [0.4, 0.5) is 4.39 Å². The van der Waals surface area contributed by atoms with Crippen molar-refractivity contribution in [1.82, 2.24) is 14.8 Å². The first kappa shape index (κ1) is 21.5. The van der Waals surface area contributed by atoms with Crippen LogP contribution in [0.5, 0.6) is 5.75 Å². The van der Waals surface area contributed by atoms with Crippen molar-refractivity contribution >= 4 is 15.9 Å². The van der Waals surface area contributed by atoms with Crippen LogP contribution >= 0.6 is 0 Å². The van der Waals surface area contributed by atoms with Crippen molar-refractivity contribution in [2.45, 2.75) is 23.9 Å². The summed E-state index contributed by atoms with van der Waals surface area (Å²) < 4.78 is 45.5. The Morgan fingerprint density at radius 3 is 2.57 bits per heavy atom. The number of benzene rings is 1. The van der Waals surface area contributed by atoms with E-state index in [-0.39, 0.29) is 11.4 Å². The molecule has 1 atom stereocenters. The molecule has 8 nitrogen and oxygen atoms in total. The Labute approximate surface area is 162 Å². The number of methoxy groups -OCH3 is 1. The second-order valence-corrected chi connectivity index (χ2v) is 7.54. The topological polar surface area (TPSA) is 109 Å². The summed E-state index contributed by atoms with van der Waals surface area (Å²) in [6.45, 7) is 2.82. The third kappa shape index (κ3) is 5.84. The predicted molar refractivity (Wildman–Crippen MR) is 98.5 cm³/mol. The molecule has 2 rings (SSSR count). The van der Waals surface area contributed by atoms with Gasteiger partial charge in [-0.05, 0) is 35.9 Å². The van der Waals surface area contributed by atoms with Crippen LogP contribution in [0.2, 0.25) is 0 Å². The van der Waals surface area contributed by atoms with Gasteiger partial charge < -0.3 is 4.74 Å². The van der Waals surface area contributed by atoms with Crippen LogP contribution in [0, 0.1) is 0 Å². The first-order valence-electron chi connectivity index (χ1n) is 8.11. The molecule has 0 saturated carbocycles. The summed E-state index contributed by atoms with van der Waals surface area (Å²) in [4.78, 5) is 16.2. The van der Waals surface area contributed by atoms with E-state index in [1.165, 1.54) is 43.8 Å². The quantitative estimate of drug-likeness (QED) is 0.485. The maximum Gasteiger partial charge on any atom is 0.264 e. The van der Waals surface area contributed by atoms with Crippen LogP contribution < -0.4 is 9.46 Å². The predicted octanol–water partition coefficient (Wildman–Crippen LogP) is 2.03. The lowest BCUT2D eigenvalue weighted by atomic mass is 10.2. The molecular formula is C18H20FN3O5S. The van der Waals surface area contributed by atoms with Gasteiger partial charge in [-0.1, -0.05) is 12.6 Å². The number of hydrogen-bond acceptors (Lipinski definition) is 6. The minimum absolute atomic E-state index is 0.146. The summed E-state index contributed by atoms with van der Waals surface area (Å²) in [5.74, 6) is -1.49. The third-order valence-corrected chi connectivity index (χ3v) is 5.19. The lowest BCUT2D eigenvalue weighted by molar-refractivity contribution is -0.170. The van der Waals surface area contributed by atoms with Crippen molar-refractivity contribution in [2.75, 3.05) is 7.11 Å². The van der Waals surface area contributed by atoms with Crippen LogP contribution in [0.25, 0.3) is 0 Å². The highest BCUT2D eigenvalue weighted by Gasteiger charge is 2.30. The van der Waals surface area contributed by atoms with Gasteiger partial charge >= 0.3 is 0 Å². The van der Waals surface area contributed by atoms with Crippen molar-refractivity contribution in [1.29, 1.82) is 0 Å². The monoisotopic (exact) mass is 409 g/mol. The molecule has 1 heterocycles. The van der Waals surface area contributed by atoms with E-state index in [9.17, 15) is 22.8 Å². The number of rotatable bonds is 9. The Morgan fingerprint density at radius 1 is 1.36 bits per heavy atom. The average Bonchev–Trinajstić information content (AvgIpc) is 2.67. The molecule has 1 amide bonds. The second kappa shape index (κ2) is 9.40. The average molecular weight is 409 g/mol. The van der Waals surface area contributed by atoms with Gasteiger partial charge in [-0.15, -0.1) is 0 Å². The second-order valence-electron chi connectivity index (χ2n) is 5.83. The lowest BCUT2D eigenvalue weighted by Gasteiger charge is -2.22. The van der Waals surface area contributed by atoms with Gasteiger partial charge in [0.2, 0.25) is 10.0 Å². The molecule has 0 saturated heterocycles. The van der Waals surface area contributed by atoms with Crippen molar-refractivity contribution in [2.24, 2.45) is 0 Å². The first-order chi connectivity index (χ1) is 13.2. The zero-order chi connectivity index (χ0) is 20.7. The standard InChI is InChI=1S/C18H20FN3O5S/c1-13(19)10-17(18(23)22(24)12-14-4-3-9-20-11-14)21-28(25,26)16-7-5-15(27-2)6-8-16/h3-9,11,17,21,24H,1,10,12H2,2H3/t17-/m1/s1. The Bertz CT molecular complexity index is 920. The van der Waals surface area contributed by atoms with Gasteiger partial charge in [0, 0.05) is 18.8 Å². The van der Waals surface area contributed by atoms with Crippen LogP contribution in [0.3, 0.4) is 0 Å². The molecule has 150 valence electrons. The molecule has 0 aliphatic carbocycles. The van der Waals surface area contributed by atoms with Crippen molar-refractivity contribution in [3.63, 3.8) is 0 Å². The number of hydrogen-bond donors (Lipinski definition) is 2. The number of halogens is 1. The highest BCUT2D eigenvalue weighted by molar-refractivity contribution is 7.89. The van der Waals surface area contributed by atoms with E-state index < -0.39 is 34.2 Å². The fourth-order valence-corrected chi connectivity index (χ4v) is 3.52. The number of carbonyl (C=O) groups is 1. The lowest BCUT2D eigenvalue weighted by Crippen LogP contribution is -2.47. The molecule has 0 bridgehead atoms. The van der Waals surface area contributed by atoms with Gasteiger partial charge in [-0.2, -0.15) is 4.72 Å². The molecule has 10 heteroatoms. The van der Waals surface area contributed by atoms with Crippen molar-refractivity contribution in [3.05, 3.63) is 66.8 Å². The van der Waals surface area contributed by atoms with Gasteiger partial charge in [-0.25, -0.2) is 17.9 Å². The fourth-order valence-electron chi connectivity index (χ4n) is 2.33. The summed E-state index contributed by atoms with van der Waals surface area (Å²) in [5.41, 5.74) is 0.509. The molecule has 0 unspecified atom stereocenters. The third-order valence-electron chi connectivity index (χ3n) is 3.70. The minimum atomic E-state index is -4.17. The minimum Gasteiger partial charge on any atom is -0.497 e. The van der Waals surface area contributed by atoms with Crippen LogP contribution in [0.1, 0.15) is 12.0 Å².